The molecule has 3 aromatic carbocycles. The molecule has 4 nitrogen and oxygen atoms in total. The molecular weight excluding hydrogens is 439 g/mol. The van der Waals surface area contributed by atoms with E-state index in [0.717, 1.165) is 47.9 Å². The van der Waals surface area contributed by atoms with Crippen LogP contribution in [0.25, 0.3) is 0 Å². The third-order valence-corrected chi connectivity index (χ3v) is 6.71. The summed E-state index contributed by atoms with van der Waals surface area (Å²) in [4.78, 5) is 29.0. The van der Waals surface area contributed by atoms with Gasteiger partial charge in [-0.2, -0.15) is 0 Å². The predicted octanol–water partition coefficient (Wildman–Crippen LogP) is 5.38. The molecule has 182 valence electrons. The largest absolute Gasteiger partial charge is 0.352 e. The highest BCUT2D eigenvalue weighted by atomic mass is 19.1. The second-order valence-corrected chi connectivity index (χ2v) is 9.51. The summed E-state index contributed by atoms with van der Waals surface area (Å²) < 4.78 is 13.4. The van der Waals surface area contributed by atoms with Crippen LogP contribution in [0.3, 0.4) is 0 Å². The van der Waals surface area contributed by atoms with Crippen LogP contribution in [0, 0.1) is 12.7 Å². The van der Waals surface area contributed by atoms with Gasteiger partial charge < -0.3 is 10.2 Å². The second-order valence-electron chi connectivity index (χ2n) is 9.51. The molecule has 4 rings (SSSR count). The Morgan fingerprint density at radius 1 is 0.886 bits per heavy atom. The summed E-state index contributed by atoms with van der Waals surface area (Å²) in [6, 6.07) is 23.4. The van der Waals surface area contributed by atoms with Crippen LogP contribution in [0.4, 0.5) is 4.39 Å². The lowest BCUT2D eigenvalue weighted by Gasteiger charge is -2.32. The van der Waals surface area contributed by atoms with Gasteiger partial charge in [-0.15, -0.1) is 0 Å². The molecule has 0 unspecified atom stereocenters. The van der Waals surface area contributed by atoms with Gasteiger partial charge in [-0.1, -0.05) is 85.1 Å². The fraction of sp³-hybridized carbons (Fsp3) is 0.333. The van der Waals surface area contributed by atoms with Crippen LogP contribution >= 0.6 is 0 Å². The number of hydrogen-bond acceptors (Lipinski definition) is 2. The Bertz CT molecular complexity index is 1110. The molecule has 1 atom stereocenters. The standard InChI is InChI=1S/C30H33FN2O2/c1-22-11-13-25(14-12-22)21-33(29(34)20-24-15-17-26(31)18-16-24)28(19-23-7-3-2-4-8-23)30(35)32-27-9-5-6-10-27/h2-4,7-8,11-18,27-28H,5-6,9-10,19-21H2,1H3,(H,32,35)/t28-/m0/s1. The van der Waals surface area contributed by atoms with E-state index in [1.54, 1.807) is 17.0 Å². The average Bonchev–Trinajstić information content (AvgIpc) is 3.37. The van der Waals surface area contributed by atoms with Crippen LogP contribution < -0.4 is 5.32 Å². The van der Waals surface area contributed by atoms with Gasteiger partial charge in [0, 0.05) is 19.0 Å². The van der Waals surface area contributed by atoms with Gasteiger partial charge in [-0.25, -0.2) is 4.39 Å². The molecule has 1 saturated carbocycles. The lowest BCUT2D eigenvalue weighted by molar-refractivity contribution is -0.141. The van der Waals surface area contributed by atoms with E-state index in [0.29, 0.717) is 13.0 Å². The van der Waals surface area contributed by atoms with Crippen LogP contribution in [0.5, 0.6) is 0 Å². The average molecular weight is 473 g/mol. The molecule has 1 fully saturated rings. The van der Waals surface area contributed by atoms with E-state index < -0.39 is 6.04 Å². The Hall–Kier alpha value is -3.47. The van der Waals surface area contributed by atoms with E-state index in [4.69, 9.17) is 0 Å². The Kier molecular flexibility index (Phi) is 8.30. The van der Waals surface area contributed by atoms with Crippen molar-refractivity contribution in [3.63, 3.8) is 0 Å². The summed E-state index contributed by atoms with van der Waals surface area (Å²) in [6.07, 6.45) is 4.72. The first-order valence-electron chi connectivity index (χ1n) is 12.4. The molecule has 0 aliphatic heterocycles. The molecule has 0 saturated heterocycles. The summed E-state index contributed by atoms with van der Waals surface area (Å²) in [5, 5.41) is 3.22. The number of aryl methyl sites for hydroxylation is 1. The van der Waals surface area contributed by atoms with Crippen molar-refractivity contribution in [2.75, 3.05) is 0 Å². The van der Waals surface area contributed by atoms with Crippen molar-refractivity contribution >= 4 is 11.8 Å². The Morgan fingerprint density at radius 2 is 1.51 bits per heavy atom. The number of halogens is 1. The first-order chi connectivity index (χ1) is 17.0. The number of nitrogens with one attached hydrogen (secondary N) is 1. The summed E-state index contributed by atoms with van der Waals surface area (Å²) in [7, 11) is 0. The van der Waals surface area contributed by atoms with Gasteiger partial charge in [0.15, 0.2) is 0 Å². The highest BCUT2D eigenvalue weighted by Gasteiger charge is 2.32. The summed E-state index contributed by atoms with van der Waals surface area (Å²) in [5.41, 5.74) is 3.83. The summed E-state index contributed by atoms with van der Waals surface area (Å²) in [5.74, 6) is -0.601. The number of nitrogens with zero attached hydrogens (tertiary/aromatic N) is 1. The molecule has 0 aromatic heterocycles. The third kappa shape index (κ3) is 7.01. The maximum atomic E-state index is 13.7. The monoisotopic (exact) mass is 472 g/mol. The molecule has 0 radical (unpaired) electrons. The molecule has 1 aliphatic carbocycles. The van der Waals surface area contributed by atoms with Gasteiger partial charge in [0.1, 0.15) is 11.9 Å². The van der Waals surface area contributed by atoms with Crippen molar-refractivity contribution in [2.24, 2.45) is 0 Å². The quantitative estimate of drug-likeness (QED) is 0.455. The molecule has 3 aromatic rings. The number of benzene rings is 3. The first-order valence-corrected chi connectivity index (χ1v) is 12.4. The number of amides is 2. The van der Waals surface area contributed by atoms with Crippen LogP contribution in [0.1, 0.15) is 47.9 Å². The summed E-state index contributed by atoms with van der Waals surface area (Å²) in [6.45, 7) is 2.35. The molecular formula is C30H33FN2O2. The lowest BCUT2D eigenvalue weighted by Crippen LogP contribution is -2.52. The van der Waals surface area contributed by atoms with Crippen molar-refractivity contribution in [1.82, 2.24) is 10.2 Å². The minimum Gasteiger partial charge on any atom is -0.352 e. The van der Waals surface area contributed by atoms with Gasteiger partial charge in [-0.05, 0) is 48.6 Å². The van der Waals surface area contributed by atoms with Crippen LogP contribution in [0.2, 0.25) is 0 Å². The Balaban J connectivity index is 1.64. The number of hydrogen-bond donors (Lipinski definition) is 1. The van der Waals surface area contributed by atoms with E-state index in [9.17, 15) is 14.0 Å². The van der Waals surface area contributed by atoms with Crippen molar-refractivity contribution < 1.29 is 14.0 Å². The van der Waals surface area contributed by atoms with E-state index in [-0.39, 0.29) is 30.1 Å². The second kappa shape index (κ2) is 11.8. The molecule has 1 N–H and O–H groups in total. The van der Waals surface area contributed by atoms with Crippen molar-refractivity contribution in [3.8, 4) is 0 Å². The number of rotatable bonds is 9. The maximum absolute atomic E-state index is 13.7. The zero-order valence-electron chi connectivity index (χ0n) is 20.3. The van der Waals surface area contributed by atoms with Crippen molar-refractivity contribution in [2.45, 2.75) is 64.1 Å². The Morgan fingerprint density at radius 3 is 2.17 bits per heavy atom. The zero-order valence-corrected chi connectivity index (χ0v) is 20.3. The maximum Gasteiger partial charge on any atom is 0.243 e. The Labute approximate surface area is 207 Å². The highest BCUT2D eigenvalue weighted by molar-refractivity contribution is 5.89. The van der Waals surface area contributed by atoms with Crippen molar-refractivity contribution in [3.05, 3.63) is 107 Å². The SMILES string of the molecule is Cc1ccc(CN(C(=O)Cc2ccc(F)cc2)[C@@H](Cc2ccccc2)C(=O)NC2CCCC2)cc1. The number of carbonyl (C=O) groups is 2. The summed E-state index contributed by atoms with van der Waals surface area (Å²) >= 11 is 0. The molecule has 0 spiro atoms. The minimum absolute atomic E-state index is 0.105. The van der Waals surface area contributed by atoms with Gasteiger partial charge in [0.2, 0.25) is 11.8 Å². The normalized spacial score (nSPS) is 14.5. The van der Waals surface area contributed by atoms with Crippen molar-refractivity contribution in [1.29, 1.82) is 0 Å². The van der Waals surface area contributed by atoms with Gasteiger partial charge >= 0.3 is 0 Å². The minimum atomic E-state index is -0.646. The van der Waals surface area contributed by atoms with E-state index >= 15 is 0 Å². The first kappa shape index (κ1) is 24.6. The smallest absolute Gasteiger partial charge is 0.243 e. The molecule has 0 bridgehead atoms. The highest BCUT2D eigenvalue weighted by Crippen LogP contribution is 2.21. The molecule has 5 heteroatoms. The van der Waals surface area contributed by atoms with Gasteiger partial charge in [0.05, 0.1) is 6.42 Å². The lowest BCUT2D eigenvalue weighted by atomic mass is 10.0. The topological polar surface area (TPSA) is 49.4 Å². The van der Waals surface area contributed by atoms with Crippen LogP contribution in [-0.4, -0.2) is 28.8 Å². The molecule has 2 amide bonds. The fourth-order valence-corrected chi connectivity index (χ4v) is 4.69. The van der Waals surface area contributed by atoms with Crippen LogP contribution in [-0.2, 0) is 29.0 Å². The predicted molar refractivity (Wildman–Crippen MR) is 136 cm³/mol. The van der Waals surface area contributed by atoms with E-state index in [1.165, 1.54) is 12.1 Å². The molecule has 1 aliphatic rings. The van der Waals surface area contributed by atoms with E-state index in [1.807, 2.05) is 61.5 Å². The number of carbonyl (C=O) groups excluding carboxylic acids is 2. The van der Waals surface area contributed by atoms with Gasteiger partial charge in [0.25, 0.3) is 0 Å². The van der Waals surface area contributed by atoms with E-state index in [2.05, 4.69) is 5.32 Å². The molecule has 35 heavy (non-hydrogen) atoms. The third-order valence-electron chi connectivity index (χ3n) is 6.71. The zero-order chi connectivity index (χ0) is 24.6. The van der Waals surface area contributed by atoms with Crippen LogP contribution in [0.15, 0.2) is 78.9 Å². The fourth-order valence-electron chi connectivity index (χ4n) is 4.69. The molecule has 0 heterocycles. The van der Waals surface area contributed by atoms with Gasteiger partial charge in [-0.3, -0.25) is 9.59 Å².